The standard InChI is InChI=1S/C17H10N4/c1-2-10-3-5-13-15(16(10)18-7-1)11-4-6-14-17(21-9-20-14)12(11)8-19-13/h1-9,19H. The fourth-order valence-corrected chi connectivity index (χ4v) is 3.04. The molecule has 0 bridgehead atoms. The number of rotatable bonds is 0. The van der Waals surface area contributed by atoms with Gasteiger partial charge in [0.2, 0.25) is 0 Å². The van der Waals surface area contributed by atoms with E-state index in [0.717, 1.165) is 43.6 Å². The highest BCUT2D eigenvalue weighted by Crippen LogP contribution is 2.32. The second-order valence-electron chi connectivity index (χ2n) is 5.12. The van der Waals surface area contributed by atoms with Crippen molar-refractivity contribution in [1.82, 2.24) is 19.9 Å². The Morgan fingerprint density at radius 3 is 2.81 bits per heavy atom. The van der Waals surface area contributed by atoms with E-state index >= 15 is 0 Å². The lowest BCUT2D eigenvalue weighted by Gasteiger charge is -2.07. The molecule has 1 N–H and O–H groups in total. The molecule has 5 rings (SSSR count). The molecule has 0 atom stereocenters. The molecule has 0 fully saturated rings. The van der Waals surface area contributed by atoms with Gasteiger partial charge in [0.1, 0.15) is 6.33 Å². The summed E-state index contributed by atoms with van der Waals surface area (Å²) < 4.78 is 0. The molecule has 4 heteroatoms. The van der Waals surface area contributed by atoms with E-state index in [0.29, 0.717) is 0 Å². The van der Waals surface area contributed by atoms with E-state index in [-0.39, 0.29) is 0 Å². The maximum Gasteiger partial charge on any atom is 0.116 e. The number of nitrogens with one attached hydrogen (secondary N) is 1. The fraction of sp³-hybridized carbons (Fsp3) is 0. The normalized spacial score (nSPS) is 11.8. The van der Waals surface area contributed by atoms with Crippen LogP contribution in [-0.4, -0.2) is 19.9 Å². The van der Waals surface area contributed by atoms with E-state index in [9.17, 15) is 0 Å². The van der Waals surface area contributed by atoms with Crippen LogP contribution in [0.2, 0.25) is 0 Å². The zero-order valence-corrected chi connectivity index (χ0v) is 11.0. The largest absolute Gasteiger partial charge is 0.360 e. The zero-order chi connectivity index (χ0) is 13.8. The Labute approximate surface area is 119 Å². The maximum absolute atomic E-state index is 4.57. The summed E-state index contributed by atoms with van der Waals surface area (Å²) in [6, 6.07) is 12.4. The highest BCUT2D eigenvalue weighted by Gasteiger charge is 2.10. The second kappa shape index (κ2) is 3.76. The quantitative estimate of drug-likeness (QED) is 0.435. The Morgan fingerprint density at radius 2 is 1.81 bits per heavy atom. The third-order valence-electron chi connectivity index (χ3n) is 4.00. The summed E-state index contributed by atoms with van der Waals surface area (Å²) >= 11 is 0. The van der Waals surface area contributed by atoms with E-state index in [1.165, 1.54) is 0 Å². The number of hydrogen-bond acceptors (Lipinski definition) is 3. The van der Waals surface area contributed by atoms with E-state index < -0.39 is 0 Å². The molecule has 0 aliphatic rings. The average Bonchev–Trinajstić information content (AvgIpc) is 3.03. The Kier molecular flexibility index (Phi) is 1.92. The number of H-pyrrole nitrogens is 1. The first-order chi connectivity index (χ1) is 10.4. The van der Waals surface area contributed by atoms with Gasteiger partial charge in [-0.1, -0.05) is 18.2 Å². The van der Waals surface area contributed by atoms with Crippen LogP contribution in [0.4, 0.5) is 0 Å². The monoisotopic (exact) mass is 270 g/mol. The Morgan fingerprint density at radius 1 is 0.810 bits per heavy atom. The molecule has 0 unspecified atom stereocenters. The van der Waals surface area contributed by atoms with Gasteiger partial charge in [0.05, 0.1) is 16.6 Å². The first-order valence-electron chi connectivity index (χ1n) is 6.80. The summed E-state index contributed by atoms with van der Waals surface area (Å²) in [6.45, 7) is 0. The summed E-state index contributed by atoms with van der Waals surface area (Å²) in [6.07, 6.45) is 5.45. The minimum absolute atomic E-state index is 0.920. The van der Waals surface area contributed by atoms with Crippen molar-refractivity contribution >= 4 is 43.6 Å². The predicted molar refractivity (Wildman–Crippen MR) is 84.2 cm³/mol. The highest BCUT2D eigenvalue weighted by molar-refractivity contribution is 6.21. The van der Waals surface area contributed by atoms with Gasteiger partial charge in [-0.05, 0) is 23.6 Å². The topological polar surface area (TPSA) is 54.5 Å². The van der Waals surface area contributed by atoms with Gasteiger partial charge in [0, 0.05) is 34.1 Å². The van der Waals surface area contributed by atoms with Crippen LogP contribution in [-0.2, 0) is 0 Å². The van der Waals surface area contributed by atoms with E-state index in [2.05, 4.69) is 44.2 Å². The molecular formula is C17H10N4. The van der Waals surface area contributed by atoms with Gasteiger partial charge in [-0.15, -0.1) is 0 Å². The number of benzene rings is 2. The van der Waals surface area contributed by atoms with Crippen LogP contribution in [0, 0.1) is 0 Å². The number of aromatic nitrogens is 4. The van der Waals surface area contributed by atoms with Crippen molar-refractivity contribution in [3.05, 3.63) is 55.1 Å². The van der Waals surface area contributed by atoms with Gasteiger partial charge in [-0.25, -0.2) is 9.97 Å². The molecule has 0 spiro atoms. The third kappa shape index (κ3) is 1.36. The van der Waals surface area contributed by atoms with Crippen molar-refractivity contribution in [3.8, 4) is 0 Å². The zero-order valence-electron chi connectivity index (χ0n) is 11.0. The average molecular weight is 270 g/mol. The second-order valence-corrected chi connectivity index (χ2v) is 5.12. The molecule has 4 nitrogen and oxygen atoms in total. The summed E-state index contributed by atoms with van der Waals surface area (Å²) in [5, 5.41) is 4.51. The first kappa shape index (κ1) is 10.7. The smallest absolute Gasteiger partial charge is 0.116 e. The Hall–Kier alpha value is -3.01. The van der Waals surface area contributed by atoms with Crippen LogP contribution >= 0.6 is 0 Å². The van der Waals surface area contributed by atoms with Crippen molar-refractivity contribution in [2.24, 2.45) is 0 Å². The van der Waals surface area contributed by atoms with Crippen LogP contribution in [0.3, 0.4) is 0 Å². The van der Waals surface area contributed by atoms with Crippen molar-refractivity contribution in [1.29, 1.82) is 0 Å². The van der Waals surface area contributed by atoms with E-state index in [1.54, 1.807) is 6.33 Å². The molecule has 0 saturated heterocycles. The van der Waals surface area contributed by atoms with Crippen molar-refractivity contribution in [3.63, 3.8) is 0 Å². The molecule has 0 amide bonds. The number of nitrogens with zero attached hydrogens (tertiary/aromatic N) is 3. The van der Waals surface area contributed by atoms with Crippen molar-refractivity contribution < 1.29 is 0 Å². The number of hydrogen-bond donors (Lipinski definition) is 1. The minimum atomic E-state index is 0.920. The van der Waals surface area contributed by atoms with Gasteiger partial charge >= 0.3 is 0 Å². The molecule has 98 valence electrons. The molecule has 0 aliphatic heterocycles. The van der Waals surface area contributed by atoms with Crippen LogP contribution in [0.25, 0.3) is 43.6 Å². The first-order valence-corrected chi connectivity index (χ1v) is 6.80. The third-order valence-corrected chi connectivity index (χ3v) is 4.00. The minimum Gasteiger partial charge on any atom is -0.360 e. The number of imidazole rings is 1. The summed E-state index contributed by atoms with van der Waals surface area (Å²) in [7, 11) is 0. The Bertz CT molecular complexity index is 1140. The van der Waals surface area contributed by atoms with Crippen molar-refractivity contribution in [2.75, 3.05) is 0 Å². The Balaban J connectivity index is 2.14. The SMILES string of the molecule is c1cnc2c(c1)ccc1[nH]cc3c(ccc4ncnc43)c12. The van der Waals surface area contributed by atoms with Crippen LogP contribution in [0.15, 0.2) is 55.1 Å². The lowest BCUT2D eigenvalue weighted by atomic mass is 10.0. The number of pyridine rings is 2. The number of aromatic amines is 1. The van der Waals surface area contributed by atoms with Gasteiger partial charge in [0.15, 0.2) is 0 Å². The van der Waals surface area contributed by atoms with E-state index in [4.69, 9.17) is 0 Å². The fourth-order valence-electron chi connectivity index (χ4n) is 3.04. The lowest BCUT2D eigenvalue weighted by molar-refractivity contribution is 1.35. The van der Waals surface area contributed by atoms with Crippen LogP contribution < -0.4 is 0 Å². The maximum atomic E-state index is 4.57. The lowest BCUT2D eigenvalue weighted by Crippen LogP contribution is -1.87. The van der Waals surface area contributed by atoms with Crippen molar-refractivity contribution in [2.45, 2.75) is 0 Å². The molecular weight excluding hydrogens is 260 g/mol. The van der Waals surface area contributed by atoms with Crippen LogP contribution in [0.5, 0.6) is 0 Å². The van der Waals surface area contributed by atoms with Gasteiger partial charge in [-0.2, -0.15) is 0 Å². The molecule has 2 aromatic carbocycles. The molecule has 5 aromatic rings. The number of fused-ring (bicyclic) bond motifs is 7. The summed E-state index contributed by atoms with van der Waals surface area (Å²) in [4.78, 5) is 16.6. The van der Waals surface area contributed by atoms with Gasteiger partial charge in [0.25, 0.3) is 0 Å². The van der Waals surface area contributed by atoms with E-state index in [1.807, 2.05) is 24.5 Å². The van der Waals surface area contributed by atoms with Gasteiger partial charge < -0.3 is 4.98 Å². The molecule has 3 aromatic heterocycles. The molecule has 0 aliphatic carbocycles. The molecule has 0 radical (unpaired) electrons. The molecule has 3 heterocycles. The molecule has 0 saturated carbocycles. The predicted octanol–water partition coefficient (Wildman–Crippen LogP) is 3.81. The van der Waals surface area contributed by atoms with Crippen LogP contribution in [0.1, 0.15) is 0 Å². The highest BCUT2D eigenvalue weighted by atomic mass is 14.9. The summed E-state index contributed by atoms with van der Waals surface area (Å²) in [5.41, 5.74) is 3.94. The summed E-state index contributed by atoms with van der Waals surface area (Å²) in [5.74, 6) is 0. The molecule has 21 heavy (non-hydrogen) atoms. The van der Waals surface area contributed by atoms with Gasteiger partial charge in [-0.3, -0.25) is 4.98 Å².